The van der Waals surface area contributed by atoms with Gasteiger partial charge >= 0.3 is 11.9 Å². The second kappa shape index (κ2) is 11.4. The van der Waals surface area contributed by atoms with Gasteiger partial charge in [0.1, 0.15) is 11.8 Å². The molecule has 2 rings (SSSR count). The first kappa shape index (κ1) is 27.9. The fourth-order valence-corrected chi connectivity index (χ4v) is 3.88. The van der Waals surface area contributed by atoms with Crippen LogP contribution in [-0.4, -0.2) is 48.5 Å². The Hall–Kier alpha value is -4.37. The average Bonchev–Trinajstić information content (AvgIpc) is 2.75. The first-order valence-corrected chi connectivity index (χ1v) is 11.2. The number of amides is 1. The highest BCUT2D eigenvalue weighted by atomic mass is 32.2. The topological polar surface area (TPSA) is 211 Å². The van der Waals surface area contributed by atoms with E-state index in [1.807, 2.05) is 0 Å². The zero-order valence-electron chi connectivity index (χ0n) is 18.4. The number of nitrogens with two attached hydrogens (primary N) is 2. The van der Waals surface area contributed by atoms with Crippen molar-refractivity contribution in [1.29, 1.82) is 0 Å². The van der Waals surface area contributed by atoms with Crippen molar-refractivity contribution < 1.29 is 46.5 Å². The largest absolute Gasteiger partial charge is 0.481 e. The second-order valence-corrected chi connectivity index (χ2v) is 8.88. The van der Waals surface area contributed by atoms with Crippen molar-refractivity contribution in [3.8, 4) is 11.5 Å². The van der Waals surface area contributed by atoms with E-state index < -0.39 is 68.6 Å². The summed E-state index contributed by atoms with van der Waals surface area (Å²) in [5.41, 5.74) is 10.2. The third-order valence-corrected chi connectivity index (χ3v) is 5.79. The van der Waals surface area contributed by atoms with Crippen LogP contribution in [0.25, 0.3) is 6.08 Å². The Morgan fingerprint density at radius 2 is 1.67 bits per heavy atom. The predicted molar refractivity (Wildman–Crippen MR) is 121 cm³/mol. The van der Waals surface area contributed by atoms with E-state index in [1.54, 1.807) is 4.72 Å². The molecule has 12 nitrogen and oxygen atoms in total. The molecule has 0 radical (unpaired) electrons. The van der Waals surface area contributed by atoms with Gasteiger partial charge in [0.2, 0.25) is 10.0 Å². The highest BCUT2D eigenvalue weighted by Crippen LogP contribution is 2.30. The number of hydrogen-bond donors (Lipinski definition) is 5. The van der Waals surface area contributed by atoms with E-state index in [1.165, 1.54) is 6.92 Å². The number of guanidine groups is 1. The van der Waals surface area contributed by atoms with Gasteiger partial charge in [0.05, 0.1) is 11.3 Å². The van der Waals surface area contributed by atoms with Gasteiger partial charge in [-0.1, -0.05) is 0 Å². The molecule has 0 aliphatic heterocycles. The Balaban J connectivity index is 2.24. The summed E-state index contributed by atoms with van der Waals surface area (Å²) in [4.78, 5) is 36.4. The number of carboxylic acid groups (broad SMARTS) is 2. The molecule has 0 fully saturated rings. The minimum Gasteiger partial charge on any atom is -0.481 e. The molecule has 0 bridgehead atoms. The van der Waals surface area contributed by atoms with Crippen LogP contribution in [0.3, 0.4) is 0 Å². The molecule has 2 aromatic rings. The van der Waals surface area contributed by atoms with Crippen molar-refractivity contribution in [3.63, 3.8) is 0 Å². The standard InChI is InChI=1S/C21H20F2N4O8S/c1-10(19(30)26-21(24)25)6-11-7-14(22)18(15(23)8-11)35-12-2-4-13(5-3-12)36(33,34)27-16(20(31)32)9-17(28)29/h2-8,16,27H,9H2,1H3,(H,28,29)(H,31,32)(H4,24,25,26,30)/b10-6+. The summed E-state index contributed by atoms with van der Waals surface area (Å²) in [6.45, 7) is 1.33. The van der Waals surface area contributed by atoms with Gasteiger partial charge in [-0.25, -0.2) is 17.2 Å². The van der Waals surface area contributed by atoms with Crippen LogP contribution in [0.1, 0.15) is 18.9 Å². The number of carbonyl (C=O) groups excluding carboxylic acids is 1. The van der Waals surface area contributed by atoms with Crippen molar-refractivity contribution in [2.45, 2.75) is 24.3 Å². The molecule has 1 atom stereocenters. The molecule has 0 saturated carbocycles. The van der Waals surface area contributed by atoms with E-state index in [4.69, 9.17) is 26.4 Å². The summed E-state index contributed by atoms with van der Waals surface area (Å²) in [6.07, 6.45) is 0.146. The van der Waals surface area contributed by atoms with E-state index in [9.17, 15) is 31.6 Å². The molecule has 7 N–H and O–H groups in total. The van der Waals surface area contributed by atoms with Crippen molar-refractivity contribution in [3.05, 3.63) is 59.2 Å². The molecule has 0 aromatic heterocycles. The van der Waals surface area contributed by atoms with Gasteiger partial charge in [-0.3, -0.25) is 14.4 Å². The van der Waals surface area contributed by atoms with E-state index in [0.29, 0.717) is 0 Å². The molecule has 1 unspecified atom stereocenters. The number of hydrogen-bond acceptors (Lipinski definition) is 6. The van der Waals surface area contributed by atoms with Gasteiger partial charge in [0, 0.05) is 5.57 Å². The van der Waals surface area contributed by atoms with E-state index in [0.717, 1.165) is 42.5 Å². The summed E-state index contributed by atoms with van der Waals surface area (Å²) in [5.74, 6) is -7.78. The maximum Gasteiger partial charge on any atom is 0.322 e. The number of aliphatic imine (C=N–C) groups is 1. The normalized spacial score (nSPS) is 12.5. The van der Waals surface area contributed by atoms with Crippen LogP contribution in [0.15, 0.2) is 51.9 Å². The molecule has 15 heteroatoms. The zero-order chi connectivity index (χ0) is 27.2. The number of sulfonamides is 1. The Labute approximate surface area is 202 Å². The highest BCUT2D eigenvalue weighted by Gasteiger charge is 2.27. The lowest BCUT2D eigenvalue weighted by molar-refractivity contribution is -0.145. The first-order valence-electron chi connectivity index (χ1n) is 9.75. The molecule has 0 spiro atoms. The van der Waals surface area contributed by atoms with Crippen LogP contribution in [0.5, 0.6) is 11.5 Å². The van der Waals surface area contributed by atoms with E-state index in [-0.39, 0.29) is 16.9 Å². The van der Waals surface area contributed by atoms with Crippen molar-refractivity contribution in [2.75, 3.05) is 0 Å². The summed E-state index contributed by atoms with van der Waals surface area (Å²) in [6, 6.07) is 3.85. The zero-order valence-corrected chi connectivity index (χ0v) is 19.3. The Morgan fingerprint density at radius 1 is 1.11 bits per heavy atom. The monoisotopic (exact) mass is 526 g/mol. The lowest BCUT2D eigenvalue weighted by Gasteiger charge is -2.13. The smallest absolute Gasteiger partial charge is 0.322 e. The lowest BCUT2D eigenvalue weighted by Crippen LogP contribution is -2.42. The third kappa shape index (κ3) is 7.57. The van der Waals surface area contributed by atoms with Crippen LogP contribution in [0.2, 0.25) is 0 Å². The van der Waals surface area contributed by atoms with Crippen LogP contribution in [0.4, 0.5) is 8.78 Å². The minimum atomic E-state index is -4.44. The Morgan fingerprint density at radius 3 is 2.14 bits per heavy atom. The predicted octanol–water partition coefficient (Wildman–Crippen LogP) is 1.17. The Bertz CT molecular complexity index is 1330. The maximum atomic E-state index is 14.5. The van der Waals surface area contributed by atoms with Crippen molar-refractivity contribution in [1.82, 2.24) is 4.72 Å². The highest BCUT2D eigenvalue weighted by molar-refractivity contribution is 7.89. The quantitative estimate of drug-likeness (QED) is 0.169. The number of halogens is 2. The maximum absolute atomic E-state index is 14.5. The average molecular weight is 526 g/mol. The third-order valence-electron chi connectivity index (χ3n) is 4.30. The summed E-state index contributed by atoms with van der Waals surface area (Å²) < 4.78 is 60.6. The fraction of sp³-hybridized carbons (Fsp3) is 0.143. The number of rotatable bonds is 10. The summed E-state index contributed by atoms with van der Waals surface area (Å²) >= 11 is 0. The molecule has 36 heavy (non-hydrogen) atoms. The van der Waals surface area contributed by atoms with Gasteiger partial charge in [-0.2, -0.15) is 9.71 Å². The van der Waals surface area contributed by atoms with Crippen LogP contribution >= 0.6 is 0 Å². The molecule has 1 amide bonds. The summed E-state index contributed by atoms with van der Waals surface area (Å²) in [7, 11) is -4.44. The summed E-state index contributed by atoms with van der Waals surface area (Å²) in [5, 5.41) is 17.7. The molecule has 2 aromatic carbocycles. The van der Waals surface area contributed by atoms with Gasteiger partial charge in [0.25, 0.3) is 5.91 Å². The second-order valence-electron chi connectivity index (χ2n) is 7.17. The Kier molecular flexibility index (Phi) is 8.80. The number of aliphatic carboxylic acids is 2. The van der Waals surface area contributed by atoms with Crippen LogP contribution in [-0.2, 0) is 24.4 Å². The number of nitrogens with one attached hydrogen (secondary N) is 1. The van der Waals surface area contributed by atoms with E-state index in [2.05, 4.69) is 4.99 Å². The SMILES string of the molecule is C/C(=C\c1cc(F)c(Oc2ccc(S(=O)(=O)NC(CC(=O)O)C(=O)O)cc2)c(F)c1)C(=O)N=C(N)N. The van der Waals surface area contributed by atoms with E-state index >= 15 is 0 Å². The molecular weight excluding hydrogens is 506 g/mol. The number of benzene rings is 2. The van der Waals surface area contributed by atoms with Gasteiger partial charge < -0.3 is 26.4 Å². The molecule has 0 saturated heterocycles. The molecule has 192 valence electrons. The van der Waals surface area contributed by atoms with Gasteiger partial charge in [0.15, 0.2) is 23.3 Å². The first-order chi connectivity index (χ1) is 16.7. The number of nitrogens with zero attached hydrogens (tertiary/aromatic N) is 1. The van der Waals surface area contributed by atoms with Gasteiger partial charge in [-0.15, -0.1) is 0 Å². The van der Waals surface area contributed by atoms with Crippen LogP contribution in [0, 0.1) is 11.6 Å². The lowest BCUT2D eigenvalue weighted by atomic mass is 10.1. The molecule has 0 aliphatic carbocycles. The fourth-order valence-electron chi connectivity index (χ4n) is 2.69. The molecule has 0 aliphatic rings. The van der Waals surface area contributed by atoms with Crippen molar-refractivity contribution in [2.24, 2.45) is 16.5 Å². The molecule has 0 heterocycles. The number of carboxylic acids is 2. The minimum absolute atomic E-state index is 0.00484. The number of carbonyl (C=O) groups is 3. The van der Waals surface area contributed by atoms with Crippen LogP contribution < -0.4 is 20.9 Å². The van der Waals surface area contributed by atoms with Gasteiger partial charge in [-0.05, 0) is 55.0 Å². The molecular formula is C21H20F2N4O8S. The van der Waals surface area contributed by atoms with Crippen molar-refractivity contribution >= 4 is 39.9 Å². The number of ether oxygens (including phenoxy) is 1.